The summed E-state index contributed by atoms with van der Waals surface area (Å²) < 4.78 is 58.1. The molecular weight excluding hydrogens is 346 g/mol. The molecule has 2 N–H and O–H groups in total. The molecule has 25 heavy (non-hydrogen) atoms. The summed E-state index contributed by atoms with van der Waals surface area (Å²) in [5.41, 5.74) is -1.68. The van der Waals surface area contributed by atoms with Crippen molar-refractivity contribution in [3.63, 3.8) is 0 Å². The molecule has 0 spiro atoms. The molecule has 0 radical (unpaired) electrons. The first-order valence-electron chi connectivity index (χ1n) is 7.39. The maximum atomic E-state index is 13.8. The number of aliphatic hydroxyl groups excluding tert-OH is 2. The molecule has 1 rings (SSSR count). The second-order valence-electron chi connectivity index (χ2n) is 4.80. The normalized spacial score (nSPS) is 12.4. The van der Waals surface area contributed by atoms with Gasteiger partial charge in [-0.2, -0.15) is 0 Å². The highest BCUT2D eigenvalue weighted by molar-refractivity contribution is 6.15. The zero-order valence-corrected chi connectivity index (χ0v) is 13.4. The zero-order valence-electron chi connectivity index (χ0n) is 13.4. The number of carbonyl (C=O) groups is 1. The minimum atomic E-state index is -2.12. The van der Waals surface area contributed by atoms with Gasteiger partial charge in [-0.05, 0) is 25.8 Å². The van der Waals surface area contributed by atoms with Crippen LogP contribution >= 0.6 is 0 Å². The summed E-state index contributed by atoms with van der Waals surface area (Å²) in [6.07, 6.45) is 1.78. The third-order valence-corrected chi connectivity index (χ3v) is 3.02. The van der Waals surface area contributed by atoms with Crippen molar-refractivity contribution < 1.29 is 37.3 Å². The van der Waals surface area contributed by atoms with Gasteiger partial charge in [-0.15, -0.1) is 0 Å². The number of nitrogens with zero attached hydrogens (tertiary/aromatic N) is 1. The molecule has 0 unspecified atom stereocenters. The minimum Gasteiger partial charge on any atom is -0.506 e. The minimum absolute atomic E-state index is 0.0549. The number of unbranched alkanes of at least 4 members (excludes halogenated alkanes) is 1. The number of aliphatic imine (C=N–C) groups is 1. The lowest BCUT2D eigenvalue weighted by molar-refractivity contribution is -0.137. The SMILES string of the molecule is CCOC(=O)C(C=NCCCCO)=C(O)c1cc(F)c(F)c(F)c1F. The zero-order chi connectivity index (χ0) is 19.0. The predicted molar refractivity (Wildman–Crippen MR) is 82.1 cm³/mol. The number of hydrogen-bond donors (Lipinski definition) is 2. The van der Waals surface area contributed by atoms with E-state index in [1.807, 2.05) is 0 Å². The van der Waals surface area contributed by atoms with Crippen molar-refractivity contribution in [3.8, 4) is 0 Å². The number of rotatable bonds is 8. The predicted octanol–water partition coefficient (Wildman–Crippen LogP) is 2.92. The molecule has 0 saturated carbocycles. The molecule has 0 bridgehead atoms. The number of hydrogen-bond acceptors (Lipinski definition) is 5. The number of ether oxygens (including phenoxy) is 1. The van der Waals surface area contributed by atoms with Crippen LogP contribution in [0.25, 0.3) is 5.76 Å². The van der Waals surface area contributed by atoms with Gasteiger partial charge in [0, 0.05) is 19.4 Å². The summed E-state index contributed by atoms with van der Waals surface area (Å²) in [5, 5.41) is 18.7. The highest BCUT2D eigenvalue weighted by atomic mass is 19.2. The fraction of sp³-hybridized carbons (Fsp3) is 0.375. The fourth-order valence-electron chi connectivity index (χ4n) is 1.78. The lowest BCUT2D eigenvalue weighted by Gasteiger charge is -2.09. The van der Waals surface area contributed by atoms with E-state index in [9.17, 15) is 27.5 Å². The van der Waals surface area contributed by atoms with Gasteiger partial charge in [0.05, 0.1) is 12.2 Å². The highest BCUT2D eigenvalue weighted by Crippen LogP contribution is 2.25. The molecule has 0 atom stereocenters. The number of benzene rings is 1. The maximum Gasteiger partial charge on any atom is 0.343 e. The Kier molecular flexibility index (Phi) is 8.06. The molecule has 0 aromatic heterocycles. The average Bonchev–Trinajstić information content (AvgIpc) is 2.59. The summed E-state index contributed by atoms with van der Waals surface area (Å²) in [5.74, 6) is -9.99. The van der Waals surface area contributed by atoms with E-state index >= 15 is 0 Å². The van der Waals surface area contributed by atoms with E-state index in [1.165, 1.54) is 6.92 Å². The van der Waals surface area contributed by atoms with Crippen LogP contribution in [0.15, 0.2) is 16.6 Å². The molecular formula is C16H17F4NO4. The van der Waals surface area contributed by atoms with Crippen molar-refractivity contribution in [1.29, 1.82) is 0 Å². The van der Waals surface area contributed by atoms with E-state index in [-0.39, 0.29) is 25.8 Å². The summed E-state index contributed by atoms with van der Waals surface area (Å²) in [7, 11) is 0. The van der Waals surface area contributed by atoms with Gasteiger partial charge < -0.3 is 14.9 Å². The monoisotopic (exact) mass is 363 g/mol. The first-order chi connectivity index (χ1) is 11.8. The third kappa shape index (κ3) is 5.28. The number of halogens is 4. The summed E-state index contributed by atoms with van der Waals surface area (Å²) in [6.45, 7) is 1.51. The van der Waals surface area contributed by atoms with Gasteiger partial charge in [0.2, 0.25) is 0 Å². The van der Waals surface area contributed by atoms with Crippen LogP contribution in [0, 0.1) is 23.3 Å². The highest BCUT2D eigenvalue weighted by Gasteiger charge is 2.25. The fourth-order valence-corrected chi connectivity index (χ4v) is 1.78. The van der Waals surface area contributed by atoms with Gasteiger partial charge in [-0.25, -0.2) is 22.4 Å². The van der Waals surface area contributed by atoms with Crippen LogP contribution in [0.1, 0.15) is 25.3 Å². The third-order valence-electron chi connectivity index (χ3n) is 3.02. The van der Waals surface area contributed by atoms with Crippen LogP contribution in [-0.4, -0.2) is 42.2 Å². The van der Waals surface area contributed by atoms with E-state index in [0.29, 0.717) is 12.8 Å². The van der Waals surface area contributed by atoms with E-state index in [2.05, 4.69) is 9.73 Å². The standard InChI is InChI=1S/C16H17F4NO4/c1-2-25-16(24)10(8-21-5-3-4-6-22)15(23)9-7-11(17)13(19)14(20)12(9)18/h7-8,22-23H,2-6H2,1H3. The van der Waals surface area contributed by atoms with Gasteiger partial charge in [-0.3, -0.25) is 4.99 Å². The lowest BCUT2D eigenvalue weighted by Crippen LogP contribution is -2.13. The van der Waals surface area contributed by atoms with Crippen LogP contribution in [0.3, 0.4) is 0 Å². The van der Waals surface area contributed by atoms with Gasteiger partial charge in [0.15, 0.2) is 23.3 Å². The largest absolute Gasteiger partial charge is 0.506 e. The van der Waals surface area contributed by atoms with Crippen LogP contribution in [0.5, 0.6) is 0 Å². The number of aliphatic hydroxyl groups is 2. The molecule has 0 fully saturated rings. The van der Waals surface area contributed by atoms with Crippen molar-refractivity contribution in [3.05, 3.63) is 40.5 Å². The molecule has 0 amide bonds. The molecule has 0 aliphatic carbocycles. The maximum absolute atomic E-state index is 13.8. The summed E-state index contributed by atoms with van der Waals surface area (Å²) in [6, 6.07) is 0.224. The molecule has 0 heterocycles. The average molecular weight is 363 g/mol. The summed E-state index contributed by atoms with van der Waals surface area (Å²) >= 11 is 0. The first kappa shape index (κ1) is 20.6. The van der Waals surface area contributed by atoms with Crippen LogP contribution in [-0.2, 0) is 9.53 Å². The second-order valence-corrected chi connectivity index (χ2v) is 4.80. The van der Waals surface area contributed by atoms with E-state index in [0.717, 1.165) is 6.21 Å². The number of carbonyl (C=O) groups excluding carboxylic acids is 1. The Hall–Kier alpha value is -2.42. The molecule has 1 aromatic rings. The first-order valence-corrected chi connectivity index (χ1v) is 7.39. The van der Waals surface area contributed by atoms with Gasteiger partial charge in [0.25, 0.3) is 0 Å². The Balaban J connectivity index is 3.32. The molecule has 0 saturated heterocycles. The quantitative estimate of drug-likeness (QED) is 0.109. The Morgan fingerprint density at radius 2 is 1.88 bits per heavy atom. The van der Waals surface area contributed by atoms with Crippen molar-refractivity contribution in [2.24, 2.45) is 4.99 Å². The lowest BCUT2D eigenvalue weighted by atomic mass is 10.1. The van der Waals surface area contributed by atoms with Crippen molar-refractivity contribution in [1.82, 2.24) is 0 Å². The molecule has 0 aliphatic heterocycles. The van der Waals surface area contributed by atoms with Crippen molar-refractivity contribution in [2.75, 3.05) is 19.8 Å². The molecule has 9 heteroatoms. The Morgan fingerprint density at radius 1 is 1.20 bits per heavy atom. The molecule has 0 aliphatic rings. The van der Waals surface area contributed by atoms with E-state index < -0.39 is 46.1 Å². The molecule has 5 nitrogen and oxygen atoms in total. The molecule has 138 valence electrons. The van der Waals surface area contributed by atoms with E-state index in [1.54, 1.807) is 0 Å². The van der Waals surface area contributed by atoms with Crippen molar-refractivity contribution >= 4 is 17.9 Å². The number of esters is 1. The van der Waals surface area contributed by atoms with Gasteiger partial charge in [-0.1, -0.05) is 0 Å². The van der Waals surface area contributed by atoms with Gasteiger partial charge >= 0.3 is 5.97 Å². The summed E-state index contributed by atoms with van der Waals surface area (Å²) in [4.78, 5) is 15.7. The van der Waals surface area contributed by atoms with E-state index in [4.69, 9.17) is 5.11 Å². The Morgan fingerprint density at radius 3 is 2.48 bits per heavy atom. The Labute approximate surface area is 141 Å². The van der Waals surface area contributed by atoms with Crippen LogP contribution in [0.4, 0.5) is 17.6 Å². The van der Waals surface area contributed by atoms with Crippen LogP contribution in [0.2, 0.25) is 0 Å². The smallest absolute Gasteiger partial charge is 0.343 e. The van der Waals surface area contributed by atoms with Crippen LogP contribution < -0.4 is 0 Å². The van der Waals surface area contributed by atoms with Gasteiger partial charge in [0.1, 0.15) is 11.3 Å². The molecule has 1 aromatic carbocycles. The van der Waals surface area contributed by atoms with Crippen molar-refractivity contribution in [2.45, 2.75) is 19.8 Å². The topological polar surface area (TPSA) is 79.1 Å². The Bertz CT molecular complexity index is 689. The second kappa shape index (κ2) is 9.77.